The number of amides is 1. The van der Waals surface area contributed by atoms with Crippen LogP contribution in [0.5, 0.6) is 0 Å². The molecule has 0 saturated carbocycles. The number of benzene rings is 1. The Bertz CT molecular complexity index is 852. The van der Waals surface area contributed by atoms with Crippen molar-refractivity contribution >= 4 is 17.7 Å². The van der Waals surface area contributed by atoms with E-state index in [4.69, 9.17) is 9.47 Å². The zero-order chi connectivity index (χ0) is 18.3. The molecule has 0 aliphatic carbocycles. The molecule has 3 aliphatic rings. The molecule has 1 aromatic carbocycles. The van der Waals surface area contributed by atoms with Crippen molar-refractivity contribution in [2.24, 2.45) is 0 Å². The van der Waals surface area contributed by atoms with Gasteiger partial charge in [-0.15, -0.1) is 11.8 Å². The van der Waals surface area contributed by atoms with E-state index in [0.29, 0.717) is 19.8 Å². The van der Waals surface area contributed by atoms with Gasteiger partial charge in [0.1, 0.15) is 0 Å². The summed E-state index contributed by atoms with van der Waals surface area (Å²) in [6.07, 6.45) is 4.89. The number of ether oxygens (including phenoxy) is 2. The molecule has 6 heteroatoms. The maximum absolute atomic E-state index is 12.8. The van der Waals surface area contributed by atoms with Crippen molar-refractivity contribution in [3.63, 3.8) is 0 Å². The summed E-state index contributed by atoms with van der Waals surface area (Å²) < 4.78 is 11.7. The lowest BCUT2D eigenvalue weighted by Crippen LogP contribution is -2.60. The molecule has 5 rings (SSSR count). The Morgan fingerprint density at radius 1 is 1.30 bits per heavy atom. The van der Waals surface area contributed by atoms with E-state index in [1.54, 1.807) is 6.20 Å². The van der Waals surface area contributed by atoms with Crippen molar-refractivity contribution in [2.45, 2.75) is 37.1 Å². The number of carbonyl (C=O) groups is 1. The average Bonchev–Trinajstić information content (AvgIpc) is 3.32. The van der Waals surface area contributed by atoms with Crippen molar-refractivity contribution < 1.29 is 14.3 Å². The smallest absolute Gasteiger partial charge is 0.253 e. The first-order chi connectivity index (χ1) is 13.2. The zero-order valence-corrected chi connectivity index (χ0v) is 15.9. The maximum atomic E-state index is 12.8. The number of likely N-dealkylation sites (tertiary alicyclic amines) is 1. The van der Waals surface area contributed by atoms with E-state index in [2.05, 4.69) is 4.98 Å². The van der Waals surface area contributed by atoms with E-state index in [-0.39, 0.29) is 16.8 Å². The summed E-state index contributed by atoms with van der Waals surface area (Å²) in [6, 6.07) is 9.93. The molecule has 1 aromatic heterocycles. The predicted octanol–water partition coefficient (Wildman–Crippen LogP) is 3.03. The largest absolute Gasteiger partial charge is 0.373 e. The van der Waals surface area contributed by atoms with Gasteiger partial charge in [0.15, 0.2) is 0 Å². The fourth-order valence-corrected chi connectivity index (χ4v) is 5.66. The van der Waals surface area contributed by atoms with Crippen LogP contribution in [-0.2, 0) is 29.3 Å². The van der Waals surface area contributed by atoms with E-state index in [0.717, 1.165) is 42.0 Å². The van der Waals surface area contributed by atoms with Gasteiger partial charge in [0, 0.05) is 36.8 Å². The number of aromatic nitrogens is 1. The van der Waals surface area contributed by atoms with Crippen LogP contribution in [0.4, 0.5) is 0 Å². The Labute approximate surface area is 163 Å². The number of carbonyl (C=O) groups excluding carboxylic acids is 1. The van der Waals surface area contributed by atoms with Crippen LogP contribution in [0.1, 0.15) is 33.5 Å². The van der Waals surface area contributed by atoms with Gasteiger partial charge >= 0.3 is 0 Å². The van der Waals surface area contributed by atoms with E-state index in [1.165, 1.54) is 5.56 Å². The molecule has 1 amide bonds. The second-order valence-corrected chi connectivity index (χ2v) is 9.12. The molecule has 4 heterocycles. The Morgan fingerprint density at radius 3 is 3.04 bits per heavy atom. The minimum atomic E-state index is 0.135. The highest BCUT2D eigenvalue weighted by molar-refractivity contribution is 8.01. The van der Waals surface area contributed by atoms with Crippen molar-refractivity contribution in [2.75, 3.05) is 18.8 Å². The highest BCUT2D eigenvalue weighted by Crippen LogP contribution is 2.46. The lowest BCUT2D eigenvalue weighted by molar-refractivity contribution is 0.0254. The highest BCUT2D eigenvalue weighted by Gasteiger charge is 2.51. The number of hydrogen-bond donors (Lipinski definition) is 0. The summed E-state index contributed by atoms with van der Waals surface area (Å²) in [4.78, 5) is 18.9. The molecule has 3 aliphatic heterocycles. The SMILES string of the molecule is O=C(c1ccc2c(c1)COC2)N1CC2(C[C@@H](OCc3cccnc3)CS2)C1. The molecule has 0 bridgehead atoms. The summed E-state index contributed by atoms with van der Waals surface area (Å²) in [5.41, 5.74) is 4.23. The monoisotopic (exact) mass is 382 g/mol. The lowest BCUT2D eigenvalue weighted by atomic mass is 9.92. The molecular weight excluding hydrogens is 360 g/mol. The van der Waals surface area contributed by atoms with Gasteiger partial charge in [0.2, 0.25) is 0 Å². The van der Waals surface area contributed by atoms with Crippen LogP contribution in [0.2, 0.25) is 0 Å². The van der Waals surface area contributed by atoms with Gasteiger partial charge in [-0.05, 0) is 41.3 Å². The van der Waals surface area contributed by atoms with Crippen LogP contribution < -0.4 is 0 Å². The normalized spacial score (nSPS) is 22.7. The quantitative estimate of drug-likeness (QED) is 0.814. The molecule has 140 valence electrons. The lowest BCUT2D eigenvalue weighted by Gasteiger charge is -2.47. The topological polar surface area (TPSA) is 51.7 Å². The van der Waals surface area contributed by atoms with Crippen LogP contribution in [0.15, 0.2) is 42.7 Å². The van der Waals surface area contributed by atoms with E-state index in [9.17, 15) is 4.79 Å². The summed E-state index contributed by atoms with van der Waals surface area (Å²) in [7, 11) is 0. The maximum Gasteiger partial charge on any atom is 0.253 e. The summed E-state index contributed by atoms with van der Waals surface area (Å²) in [5.74, 6) is 1.13. The first-order valence-corrected chi connectivity index (χ1v) is 10.3. The molecule has 0 radical (unpaired) electrons. The molecule has 0 unspecified atom stereocenters. The molecule has 1 spiro atoms. The number of thioether (sulfide) groups is 1. The summed E-state index contributed by atoms with van der Waals surface area (Å²) in [6.45, 7) is 3.52. The van der Waals surface area contributed by atoms with Crippen LogP contribution in [0.3, 0.4) is 0 Å². The van der Waals surface area contributed by atoms with Crippen LogP contribution in [-0.4, -0.2) is 45.5 Å². The fourth-order valence-electron chi connectivity index (χ4n) is 4.11. The van der Waals surface area contributed by atoms with Gasteiger partial charge in [0.25, 0.3) is 5.91 Å². The first kappa shape index (κ1) is 17.2. The fraction of sp³-hybridized carbons (Fsp3) is 0.429. The minimum Gasteiger partial charge on any atom is -0.373 e. The number of rotatable bonds is 4. The van der Waals surface area contributed by atoms with Crippen molar-refractivity contribution in [3.8, 4) is 0 Å². The second kappa shape index (κ2) is 6.93. The molecule has 2 fully saturated rings. The molecular formula is C21H22N2O3S. The van der Waals surface area contributed by atoms with Gasteiger partial charge in [0.05, 0.1) is 30.7 Å². The molecule has 0 N–H and O–H groups in total. The number of hydrogen-bond acceptors (Lipinski definition) is 5. The van der Waals surface area contributed by atoms with Gasteiger partial charge in [-0.3, -0.25) is 9.78 Å². The number of pyridine rings is 1. The molecule has 2 saturated heterocycles. The Balaban J connectivity index is 1.15. The average molecular weight is 382 g/mol. The third-order valence-corrected chi connectivity index (χ3v) is 7.17. The minimum absolute atomic E-state index is 0.135. The zero-order valence-electron chi connectivity index (χ0n) is 15.1. The summed E-state index contributed by atoms with van der Waals surface area (Å²) >= 11 is 1.96. The number of nitrogens with zero attached hydrogens (tertiary/aromatic N) is 2. The first-order valence-electron chi connectivity index (χ1n) is 9.34. The van der Waals surface area contributed by atoms with Crippen LogP contribution in [0, 0.1) is 0 Å². The van der Waals surface area contributed by atoms with Crippen molar-refractivity contribution in [1.82, 2.24) is 9.88 Å². The van der Waals surface area contributed by atoms with Crippen LogP contribution >= 0.6 is 11.8 Å². The second-order valence-electron chi connectivity index (χ2n) is 7.63. The molecule has 2 aromatic rings. The number of fused-ring (bicyclic) bond motifs is 1. The Kier molecular flexibility index (Phi) is 4.42. The van der Waals surface area contributed by atoms with E-state index in [1.807, 2.05) is 53.2 Å². The van der Waals surface area contributed by atoms with Crippen LogP contribution in [0.25, 0.3) is 0 Å². The third kappa shape index (κ3) is 3.37. The van der Waals surface area contributed by atoms with Gasteiger partial charge < -0.3 is 14.4 Å². The Hall–Kier alpha value is -1.89. The van der Waals surface area contributed by atoms with E-state index >= 15 is 0 Å². The molecule has 27 heavy (non-hydrogen) atoms. The summed E-state index contributed by atoms with van der Waals surface area (Å²) in [5, 5.41) is 0. The van der Waals surface area contributed by atoms with Crippen molar-refractivity contribution in [3.05, 3.63) is 65.0 Å². The predicted molar refractivity (Wildman–Crippen MR) is 103 cm³/mol. The molecule has 5 nitrogen and oxygen atoms in total. The van der Waals surface area contributed by atoms with Crippen molar-refractivity contribution in [1.29, 1.82) is 0 Å². The molecule has 1 atom stereocenters. The van der Waals surface area contributed by atoms with Gasteiger partial charge in [-0.25, -0.2) is 0 Å². The highest BCUT2D eigenvalue weighted by atomic mass is 32.2. The Morgan fingerprint density at radius 2 is 2.19 bits per heavy atom. The van der Waals surface area contributed by atoms with E-state index < -0.39 is 0 Å². The third-order valence-electron chi connectivity index (χ3n) is 5.60. The van der Waals surface area contributed by atoms with Gasteiger partial charge in [-0.1, -0.05) is 12.1 Å². The standard InChI is InChI=1S/C21H22N2O3S/c24-20(16-3-4-17-10-25-11-18(17)6-16)23-13-21(14-23)7-19(12-27-21)26-9-15-2-1-5-22-8-15/h1-6,8,19H,7,9-14H2/t19-/m1/s1. The van der Waals surface area contributed by atoms with Gasteiger partial charge in [-0.2, -0.15) is 0 Å².